The van der Waals surface area contributed by atoms with Crippen LogP contribution >= 0.6 is 0 Å². The lowest BCUT2D eigenvalue weighted by atomic mass is 9.80. The van der Waals surface area contributed by atoms with Crippen LogP contribution in [-0.2, 0) is 11.3 Å². The largest absolute Gasteiger partial charge is 0.467 e. The van der Waals surface area contributed by atoms with Gasteiger partial charge in [-0.05, 0) is 18.1 Å². The maximum atomic E-state index is 11.8. The molecular weight excluding hydrogens is 190 g/mol. The average Bonchev–Trinajstić information content (AvgIpc) is 2.66. The number of carbonyl (C=O) groups is 1. The van der Waals surface area contributed by atoms with Crippen molar-refractivity contribution in [1.82, 2.24) is 5.32 Å². The highest BCUT2D eigenvalue weighted by molar-refractivity contribution is 5.81. The van der Waals surface area contributed by atoms with Gasteiger partial charge < -0.3 is 9.73 Å². The Morgan fingerprint density at radius 2 is 2.20 bits per heavy atom. The molecule has 1 aromatic heterocycles. The third kappa shape index (κ3) is 2.85. The molecule has 1 N–H and O–H groups in total. The van der Waals surface area contributed by atoms with Gasteiger partial charge in [0.2, 0.25) is 5.91 Å². The van der Waals surface area contributed by atoms with E-state index in [4.69, 9.17) is 4.42 Å². The number of hydrogen-bond donors (Lipinski definition) is 1. The van der Waals surface area contributed by atoms with E-state index in [9.17, 15) is 4.79 Å². The molecule has 1 aromatic rings. The van der Waals surface area contributed by atoms with Crippen molar-refractivity contribution in [2.45, 2.75) is 34.2 Å². The van der Waals surface area contributed by atoms with Gasteiger partial charge in [0.1, 0.15) is 5.76 Å². The Balaban J connectivity index is 2.49. The molecule has 0 aromatic carbocycles. The molecule has 1 amide bonds. The first kappa shape index (κ1) is 11.8. The van der Waals surface area contributed by atoms with Gasteiger partial charge >= 0.3 is 0 Å². The van der Waals surface area contributed by atoms with E-state index >= 15 is 0 Å². The fourth-order valence-electron chi connectivity index (χ4n) is 1.07. The number of rotatable bonds is 4. The van der Waals surface area contributed by atoms with Crippen LogP contribution in [0.15, 0.2) is 22.8 Å². The Morgan fingerprint density at radius 3 is 2.67 bits per heavy atom. The summed E-state index contributed by atoms with van der Waals surface area (Å²) in [5.74, 6) is 1.16. The highest BCUT2D eigenvalue weighted by atomic mass is 16.3. The summed E-state index contributed by atoms with van der Waals surface area (Å²) in [4.78, 5) is 11.8. The standard InChI is InChI=1S/C12H19NO2/c1-9(2)12(3,4)11(14)13-8-10-6-5-7-15-10/h5-7,9H,8H2,1-4H3,(H,13,14). The lowest BCUT2D eigenvalue weighted by molar-refractivity contribution is -0.131. The van der Waals surface area contributed by atoms with Crippen molar-refractivity contribution < 1.29 is 9.21 Å². The summed E-state index contributed by atoms with van der Waals surface area (Å²) in [5, 5.41) is 2.87. The fraction of sp³-hybridized carbons (Fsp3) is 0.583. The maximum Gasteiger partial charge on any atom is 0.226 e. The van der Waals surface area contributed by atoms with Gasteiger partial charge in [-0.25, -0.2) is 0 Å². The quantitative estimate of drug-likeness (QED) is 0.828. The number of carbonyl (C=O) groups excluding carboxylic acids is 1. The van der Waals surface area contributed by atoms with E-state index in [0.29, 0.717) is 12.5 Å². The Kier molecular flexibility index (Phi) is 3.56. The number of furan rings is 1. The molecular formula is C12H19NO2. The Bertz CT molecular complexity index is 312. The summed E-state index contributed by atoms with van der Waals surface area (Å²) < 4.78 is 5.14. The molecule has 1 rings (SSSR count). The molecule has 0 unspecified atom stereocenters. The van der Waals surface area contributed by atoms with Crippen molar-refractivity contribution in [2.75, 3.05) is 0 Å². The van der Waals surface area contributed by atoms with E-state index in [1.165, 1.54) is 0 Å². The van der Waals surface area contributed by atoms with Crippen LogP contribution in [0.4, 0.5) is 0 Å². The van der Waals surface area contributed by atoms with Crippen molar-refractivity contribution in [2.24, 2.45) is 11.3 Å². The zero-order valence-electron chi connectivity index (χ0n) is 9.83. The molecule has 3 heteroatoms. The highest BCUT2D eigenvalue weighted by Gasteiger charge is 2.30. The predicted octanol–water partition coefficient (Wildman–Crippen LogP) is 2.58. The van der Waals surface area contributed by atoms with Crippen LogP contribution < -0.4 is 5.32 Å². The Morgan fingerprint density at radius 1 is 1.53 bits per heavy atom. The van der Waals surface area contributed by atoms with Crippen molar-refractivity contribution in [1.29, 1.82) is 0 Å². The summed E-state index contributed by atoms with van der Waals surface area (Å²) in [6, 6.07) is 3.66. The molecule has 0 aliphatic carbocycles. The number of amides is 1. The fourth-order valence-corrected chi connectivity index (χ4v) is 1.07. The van der Waals surface area contributed by atoms with E-state index in [-0.39, 0.29) is 11.3 Å². The van der Waals surface area contributed by atoms with Crippen molar-refractivity contribution in [3.05, 3.63) is 24.2 Å². The van der Waals surface area contributed by atoms with Gasteiger partial charge in [-0.3, -0.25) is 4.79 Å². The maximum absolute atomic E-state index is 11.8. The normalized spacial score (nSPS) is 11.8. The molecule has 0 saturated carbocycles. The lowest BCUT2D eigenvalue weighted by Gasteiger charge is -2.27. The zero-order valence-corrected chi connectivity index (χ0v) is 9.83. The van der Waals surface area contributed by atoms with Crippen molar-refractivity contribution in [3.8, 4) is 0 Å². The second-order valence-corrected chi connectivity index (χ2v) is 4.64. The average molecular weight is 209 g/mol. The van der Waals surface area contributed by atoms with Crippen LogP contribution in [0, 0.1) is 11.3 Å². The third-order valence-electron chi connectivity index (χ3n) is 3.03. The summed E-state index contributed by atoms with van der Waals surface area (Å²) in [5.41, 5.74) is -0.341. The van der Waals surface area contributed by atoms with Gasteiger partial charge in [0.05, 0.1) is 12.8 Å². The first-order valence-electron chi connectivity index (χ1n) is 5.25. The van der Waals surface area contributed by atoms with Gasteiger partial charge in [-0.2, -0.15) is 0 Å². The second kappa shape index (κ2) is 4.51. The molecule has 0 fully saturated rings. The molecule has 15 heavy (non-hydrogen) atoms. The van der Waals surface area contributed by atoms with Crippen molar-refractivity contribution >= 4 is 5.91 Å². The van der Waals surface area contributed by atoms with Crippen molar-refractivity contribution in [3.63, 3.8) is 0 Å². The van der Waals surface area contributed by atoms with Gasteiger partial charge in [-0.15, -0.1) is 0 Å². The molecule has 0 saturated heterocycles. The van der Waals surface area contributed by atoms with E-state index in [1.54, 1.807) is 6.26 Å². The van der Waals surface area contributed by atoms with Gasteiger partial charge in [0, 0.05) is 5.41 Å². The minimum absolute atomic E-state index is 0.0638. The smallest absolute Gasteiger partial charge is 0.226 e. The van der Waals surface area contributed by atoms with Crippen LogP contribution in [0.25, 0.3) is 0 Å². The van der Waals surface area contributed by atoms with Crippen LogP contribution in [0.3, 0.4) is 0 Å². The van der Waals surface area contributed by atoms with Gasteiger partial charge in [0.25, 0.3) is 0 Å². The highest BCUT2D eigenvalue weighted by Crippen LogP contribution is 2.26. The topological polar surface area (TPSA) is 42.2 Å². The van der Waals surface area contributed by atoms with E-state index in [0.717, 1.165) is 5.76 Å². The molecule has 0 bridgehead atoms. The molecule has 0 aliphatic rings. The summed E-state index contributed by atoms with van der Waals surface area (Å²) in [6.07, 6.45) is 1.61. The SMILES string of the molecule is CC(C)C(C)(C)C(=O)NCc1ccco1. The zero-order chi connectivity index (χ0) is 11.5. The molecule has 84 valence electrons. The molecule has 0 spiro atoms. The van der Waals surface area contributed by atoms with Gasteiger partial charge in [0.15, 0.2) is 0 Å². The van der Waals surface area contributed by atoms with Gasteiger partial charge in [-0.1, -0.05) is 27.7 Å². The summed E-state index contributed by atoms with van der Waals surface area (Å²) >= 11 is 0. The first-order chi connectivity index (χ1) is 6.94. The lowest BCUT2D eigenvalue weighted by Crippen LogP contribution is -2.39. The van der Waals surface area contributed by atoms with Crippen LogP contribution in [0.2, 0.25) is 0 Å². The predicted molar refractivity (Wildman–Crippen MR) is 59.2 cm³/mol. The van der Waals surface area contributed by atoms with Crippen LogP contribution in [-0.4, -0.2) is 5.91 Å². The van der Waals surface area contributed by atoms with Crippen LogP contribution in [0.1, 0.15) is 33.5 Å². The summed E-state index contributed by atoms with van der Waals surface area (Å²) in [6.45, 7) is 8.46. The minimum atomic E-state index is -0.341. The number of hydrogen-bond acceptors (Lipinski definition) is 2. The van der Waals surface area contributed by atoms with E-state index in [2.05, 4.69) is 5.32 Å². The Hall–Kier alpha value is -1.25. The molecule has 0 atom stereocenters. The third-order valence-corrected chi connectivity index (χ3v) is 3.03. The second-order valence-electron chi connectivity index (χ2n) is 4.64. The van der Waals surface area contributed by atoms with Crippen LogP contribution in [0.5, 0.6) is 0 Å². The molecule has 0 radical (unpaired) electrons. The Labute approximate surface area is 90.9 Å². The number of nitrogens with one attached hydrogen (secondary N) is 1. The molecule has 1 heterocycles. The molecule has 0 aliphatic heterocycles. The molecule has 3 nitrogen and oxygen atoms in total. The minimum Gasteiger partial charge on any atom is -0.467 e. The van der Waals surface area contributed by atoms with E-state index < -0.39 is 0 Å². The summed E-state index contributed by atoms with van der Waals surface area (Å²) in [7, 11) is 0. The van der Waals surface area contributed by atoms with E-state index in [1.807, 2.05) is 39.8 Å². The monoisotopic (exact) mass is 209 g/mol. The first-order valence-corrected chi connectivity index (χ1v) is 5.25.